The van der Waals surface area contributed by atoms with Gasteiger partial charge < -0.3 is 5.48 Å². The van der Waals surface area contributed by atoms with Gasteiger partial charge in [-0.25, -0.2) is 0 Å². The molecule has 1 rings (SSSR count). The minimum Gasteiger partial charge on any atom is -0.412 e. The van der Waals surface area contributed by atoms with Gasteiger partial charge in [-0.2, -0.15) is 0 Å². The molecule has 0 aromatic carbocycles. The van der Waals surface area contributed by atoms with Gasteiger partial charge in [0.1, 0.15) is 0 Å². The monoisotopic (exact) mass is 401 g/mol. The molecule has 0 spiro atoms. The van der Waals surface area contributed by atoms with Crippen molar-refractivity contribution in [1.82, 2.24) is 0 Å². The van der Waals surface area contributed by atoms with Gasteiger partial charge in [0.25, 0.3) is 0 Å². The Balaban J connectivity index is -0.000000480. The topological polar surface area (TPSA) is 31.5 Å². The average molecular weight is 404 g/mol. The zero-order chi connectivity index (χ0) is 9.46. The van der Waals surface area contributed by atoms with Crippen molar-refractivity contribution in [2.24, 2.45) is 0 Å². The fourth-order valence-electron chi connectivity index (χ4n) is 1.05. The van der Waals surface area contributed by atoms with E-state index in [1.165, 1.54) is 0 Å². The van der Waals surface area contributed by atoms with Gasteiger partial charge in [0.15, 0.2) is 0 Å². The molecule has 0 saturated heterocycles. The van der Waals surface area contributed by atoms with Gasteiger partial charge in [0.2, 0.25) is 0 Å². The van der Waals surface area contributed by atoms with Crippen LogP contribution in [0.2, 0.25) is 0 Å². The summed E-state index contributed by atoms with van der Waals surface area (Å²) < 4.78 is 0. The van der Waals surface area contributed by atoms with Gasteiger partial charge in [0, 0.05) is 16.8 Å². The number of alkyl halides is 6. The predicted molar refractivity (Wildman–Crippen MR) is 68.7 cm³/mol. The Labute approximate surface area is 135 Å². The Bertz CT molecular complexity index is 115. The molecule has 1 aliphatic rings. The van der Waals surface area contributed by atoms with E-state index in [1.807, 2.05) is 0 Å². The van der Waals surface area contributed by atoms with Crippen LogP contribution in [0, 0.1) is 0 Å². The molecule has 0 atom stereocenters. The van der Waals surface area contributed by atoms with Crippen LogP contribution in [0.1, 0.15) is 0 Å². The molecule has 0 unspecified atom stereocenters. The van der Waals surface area contributed by atoms with Crippen LogP contribution in [-0.2, 0) is 16.8 Å². The van der Waals surface area contributed by atoms with Crippen LogP contribution >= 0.6 is 82.0 Å². The zero-order valence-electron chi connectivity index (χ0n) is 6.97. The van der Waals surface area contributed by atoms with Crippen LogP contribution in [0.15, 0.2) is 0 Å². The van der Waals surface area contributed by atoms with E-state index in [0.717, 1.165) is 0 Å². The van der Waals surface area contributed by atoms with Crippen molar-refractivity contribution < 1.29 is 22.3 Å². The molecular formula is C6H9Cl7CoO. The van der Waals surface area contributed by atoms with Gasteiger partial charge in [-0.1, -0.05) is 0 Å². The van der Waals surface area contributed by atoms with Crippen LogP contribution in [0.25, 0.3) is 0 Å². The second-order valence-corrected chi connectivity index (χ2v) is 5.69. The second-order valence-electron chi connectivity index (χ2n) is 2.67. The third-order valence-electron chi connectivity index (χ3n) is 1.83. The van der Waals surface area contributed by atoms with Crippen molar-refractivity contribution in [2.75, 3.05) is 0 Å². The third kappa shape index (κ3) is 4.94. The van der Waals surface area contributed by atoms with Crippen LogP contribution in [-0.4, -0.2) is 37.7 Å². The quantitative estimate of drug-likeness (QED) is 0.556. The molecule has 1 fully saturated rings. The predicted octanol–water partition coefficient (Wildman–Crippen LogP) is 3.24. The molecule has 0 aromatic heterocycles. The van der Waals surface area contributed by atoms with Crippen molar-refractivity contribution >= 4 is 82.0 Å². The van der Waals surface area contributed by atoms with E-state index in [-0.39, 0.29) is 34.7 Å². The van der Waals surface area contributed by atoms with Crippen molar-refractivity contribution in [3.05, 3.63) is 0 Å². The summed E-state index contributed by atoms with van der Waals surface area (Å²) in [5.41, 5.74) is 0. The zero-order valence-corrected chi connectivity index (χ0v) is 13.4. The van der Waals surface area contributed by atoms with Crippen LogP contribution in [0.4, 0.5) is 0 Å². The number of hydrogen-bond donors (Lipinski definition) is 0. The Morgan fingerprint density at radius 3 is 0.600 bits per heavy atom. The summed E-state index contributed by atoms with van der Waals surface area (Å²) >= 11 is 35.3. The van der Waals surface area contributed by atoms with Gasteiger partial charge in [-0.15, -0.1) is 82.0 Å². The maximum atomic E-state index is 5.88. The molecule has 97 valence electrons. The Kier molecular flexibility index (Phi) is 14.2. The molecule has 1 aliphatic carbocycles. The minimum absolute atomic E-state index is 0. The molecule has 0 amide bonds. The van der Waals surface area contributed by atoms with E-state index in [4.69, 9.17) is 69.6 Å². The molecule has 9 heteroatoms. The first-order valence-electron chi connectivity index (χ1n) is 3.31. The van der Waals surface area contributed by atoms with Crippen molar-refractivity contribution in [1.29, 1.82) is 0 Å². The fraction of sp³-hybridized carbons (Fsp3) is 1.00. The number of hydrogen-bond acceptors (Lipinski definition) is 0. The molecule has 0 aliphatic heterocycles. The number of rotatable bonds is 0. The SMILES string of the molecule is Cl.Cl[C@H]1[C@H](Cl)[C@@H](Cl)[C@@H](Cl)[C@H](Cl)[C@H]1Cl.O.[Co]. The summed E-state index contributed by atoms with van der Waals surface area (Å²) in [5.74, 6) is 0. The molecular weight excluding hydrogens is 395 g/mol. The maximum Gasteiger partial charge on any atom is 0.0693 e. The smallest absolute Gasteiger partial charge is 0.0693 e. The largest absolute Gasteiger partial charge is 0.412 e. The molecule has 1 saturated carbocycles. The summed E-state index contributed by atoms with van der Waals surface area (Å²) in [7, 11) is 0. The first kappa shape index (κ1) is 22.7. The molecule has 0 aromatic rings. The van der Waals surface area contributed by atoms with Crippen LogP contribution in [0.5, 0.6) is 0 Å². The first-order valence-corrected chi connectivity index (χ1v) is 5.93. The normalized spacial score (nSPS) is 44.4. The molecule has 15 heavy (non-hydrogen) atoms. The van der Waals surface area contributed by atoms with E-state index >= 15 is 0 Å². The van der Waals surface area contributed by atoms with E-state index < -0.39 is 32.3 Å². The second kappa shape index (κ2) is 9.43. The maximum absolute atomic E-state index is 5.88. The standard InChI is InChI=1S/C6H6Cl6.ClH.Co.H2O/c7-1-2(8)4(10)6(12)5(11)3(1)9;;;/h1-6H;1H;;1H2/t1-,2-,3-,4+,5+,6+;;;. The van der Waals surface area contributed by atoms with E-state index in [9.17, 15) is 0 Å². The summed E-state index contributed by atoms with van der Waals surface area (Å²) in [6.45, 7) is 0. The minimum atomic E-state index is -0.437. The van der Waals surface area contributed by atoms with Crippen molar-refractivity contribution in [2.45, 2.75) is 32.3 Å². The molecule has 0 heterocycles. The molecule has 1 nitrogen and oxygen atoms in total. The van der Waals surface area contributed by atoms with Gasteiger partial charge >= 0.3 is 0 Å². The van der Waals surface area contributed by atoms with Gasteiger partial charge in [-0.05, 0) is 0 Å². The first-order chi connectivity index (χ1) is 5.46. The van der Waals surface area contributed by atoms with Crippen molar-refractivity contribution in [3.63, 3.8) is 0 Å². The third-order valence-corrected chi connectivity index (χ3v) is 5.86. The van der Waals surface area contributed by atoms with Gasteiger partial charge in [-0.3, -0.25) is 0 Å². The van der Waals surface area contributed by atoms with E-state index in [0.29, 0.717) is 0 Å². The Hall–Kier alpha value is 2.50. The van der Waals surface area contributed by atoms with Crippen LogP contribution < -0.4 is 0 Å². The molecule has 0 bridgehead atoms. The van der Waals surface area contributed by atoms with Crippen molar-refractivity contribution in [3.8, 4) is 0 Å². The molecule has 2 N–H and O–H groups in total. The summed E-state index contributed by atoms with van der Waals surface area (Å²) in [4.78, 5) is 0. The summed E-state index contributed by atoms with van der Waals surface area (Å²) in [6, 6.07) is 0. The van der Waals surface area contributed by atoms with E-state index in [2.05, 4.69) is 0 Å². The van der Waals surface area contributed by atoms with Crippen LogP contribution in [0.3, 0.4) is 0 Å². The summed E-state index contributed by atoms with van der Waals surface area (Å²) in [5, 5.41) is -2.62. The Morgan fingerprint density at radius 2 is 0.533 bits per heavy atom. The van der Waals surface area contributed by atoms with Gasteiger partial charge in [0.05, 0.1) is 32.3 Å². The Morgan fingerprint density at radius 1 is 0.467 bits per heavy atom. The summed E-state index contributed by atoms with van der Waals surface area (Å²) in [6.07, 6.45) is 0. The van der Waals surface area contributed by atoms with E-state index in [1.54, 1.807) is 0 Å². The fourth-order valence-corrected chi connectivity index (χ4v) is 3.38. The number of halogens is 7. The molecule has 1 radical (unpaired) electrons. The average Bonchev–Trinajstić information content (AvgIpc) is 2.08.